The molecule has 1 aliphatic rings. The summed E-state index contributed by atoms with van der Waals surface area (Å²) in [5.74, 6) is -0.647. The minimum atomic E-state index is -0.776. The number of phenols is 1. The van der Waals surface area contributed by atoms with Crippen LogP contribution in [0.3, 0.4) is 0 Å². The molecule has 0 aromatic heterocycles. The summed E-state index contributed by atoms with van der Waals surface area (Å²) >= 11 is 0. The fourth-order valence-electron chi connectivity index (χ4n) is 2.48. The summed E-state index contributed by atoms with van der Waals surface area (Å²) < 4.78 is 9.65. The molecule has 0 spiro atoms. The molecule has 1 aliphatic heterocycles. The lowest BCUT2D eigenvalue weighted by molar-refractivity contribution is -0.149. The maximum Gasteiger partial charge on any atom is 0.328 e. The summed E-state index contributed by atoms with van der Waals surface area (Å²) in [4.78, 5) is 25.2. The Labute approximate surface area is 133 Å². The number of hydrogen-bond acceptors (Lipinski definition) is 6. The van der Waals surface area contributed by atoms with Crippen LogP contribution in [0.1, 0.15) is 12.0 Å². The van der Waals surface area contributed by atoms with Crippen molar-refractivity contribution in [1.29, 1.82) is 0 Å². The molecule has 1 heterocycles. The van der Waals surface area contributed by atoms with Gasteiger partial charge in [-0.2, -0.15) is 0 Å². The van der Waals surface area contributed by atoms with Gasteiger partial charge in [-0.05, 0) is 23.8 Å². The number of β-amino-alcohol motifs (C(OH)–C–C–N with tert-alkyl or cyclic N) is 1. The van der Waals surface area contributed by atoms with E-state index in [0.717, 1.165) is 0 Å². The van der Waals surface area contributed by atoms with Gasteiger partial charge in [-0.25, -0.2) is 4.79 Å². The quantitative estimate of drug-likeness (QED) is 0.621. The highest BCUT2D eigenvalue weighted by atomic mass is 16.5. The minimum absolute atomic E-state index is 0.00407. The van der Waals surface area contributed by atoms with Crippen LogP contribution in [0.5, 0.6) is 11.5 Å². The fourth-order valence-corrected chi connectivity index (χ4v) is 2.48. The van der Waals surface area contributed by atoms with Crippen LogP contribution in [0.4, 0.5) is 0 Å². The van der Waals surface area contributed by atoms with Crippen LogP contribution in [-0.4, -0.2) is 59.9 Å². The predicted octanol–water partition coefficient (Wildman–Crippen LogP) is 0.549. The van der Waals surface area contributed by atoms with Gasteiger partial charge in [-0.15, -0.1) is 0 Å². The van der Waals surface area contributed by atoms with Crippen molar-refractivity contribution >= 4 is 18.0 Å². The Hall–Kier alpha value is -2.54. The molecule has 0 radical (unpaired) electrons. The summed E-state index contributed by atoms with van der Waals surface area (Å²) in [7, 11) is 2.68. The van der Waals surface area contributed by atoms with Crippen LogP contribution in [0, 0.1) is 0 Å². The summed E-state index contributed by atoms with van der Waals surface area (Å²) in [6, 6.07) is 3.88. The average Bonchev–Trinajstić information content (AvgIpc) is 2.95. The number of aliphatic hydroxyl groups excluding tert-OH is 1. The van der Waals surface area contributed by atoms with Gasteiger partial charge < -0.3 is 24.6 Å². The number of rotatable bonds is 4. The Morgan fingerprint density at radius 2 is 2.09 bits per heavy atom. The lowest BCUT2D eigenvalue weighted by Crippen LogP contribution is -2.40. The number of aromatic hydroxyl groups is 1. The largest absolute Gasteiger partial charge is 0.504 e. The Kier molecular flexibility index (Phi) is 5.23. The van der Waals surface area contributed by atoms with Gasteiger partial charge in [0.2, 0.25) is 5.91 Å². The van der Waals surface area contributed by atoms with Crippen molar-refractivity contribution in [3.05, 3.63) is 29.8 Å². The second-order valence-electron chi connectivity index (χ2n) is 5.18. The van der Waals surface area contributed by atoms with E-state index < -0.39 is 24.0 Å². The first-order valence-corrected chi connectivity index (χ1v) is 7.07. The van der Waals surface area contributed by atoms with E-state index in [9.17, 15) is 19.8 Å². The van der Waals surface area contributed by atoms with Crippen molar-refractivity contribution in [3.63, 3.8) is 0 Å². The number of carbonyl (C=O) groups is 2. The fraction of sp³-hybridized carbons (Fsp3) is 0.375. The van der Waals surface area contributed by atoms with Crippen molar-refractivity contribution in [2.45, 2.75) is 18.6 Å². The number of carbonyl (C=O) groups excluding carboxylic acids is 2. The standard InChI is InChI=1S/C16H19NO6/c1-22-14-7-10(3-5-13(14)19)4-6-15(20)17-9-11(18)8-12(17)16(21)23-2/h3-7,11-12,18-19H,8-9H2,1-2H3/b6-4+. The van der Waals surface area contributed by atoms with Crippen LogP contribution in [0.2, 0.25) is 0 Å². The molecule has 23 heavy (non-hydrogen) atoms. The Morgan fingerprint density at radius 3 is 2.74 bits per heavy atom. The van der Waals surface area contributed by atoms with E-state index in [0.29, 0.717) is 11.3 Å². The molecule has 0 bridgehead atoms. The molecule has 1 fully saturated rings. The van der Waals surface area contributed by atoms with Gasteiger partial charge in [-0.3, -0.25) is 4.79 Å². The Bertz CT molecular complexity index is 627. The van der Waals surface area contributed by atoms with Crippen molar-refractivity contribution in [2.75, 3.05) is 20.8 Å². The number of phenolic OH excluding ortho intramolecular Hbond substituents is 1. The lowest BCUT2D eigenvalue weighted by atomic mass is 10.1. The lowest BCUT2D eigenvalue weighted by Gasteiger charge is -2.20. The number of methoxy groups -OCH3 is 2. The van der Waals surface area contributed by atoms with Crippen LogP contribution in [0.25, 0.3) is 6.08 Å². The minimum Gasteiger partial charge on any atom is -0.504 e. The van der Waals surface area contributed by atoms with Crippen molar-refractivity contribution < 1.29 is 29.3 Å². The molecule has 1 amide bonds. The number of aliphatic hydroxyl groups is 1. The number of hydrogen-bond donors (Lipinski definition) is 2. The first-order valence-electron chi connectivity index (χ1n) is 7.07. The molecule has 2 atom stereocenters. The maximum atomic E-state index is 12.3. The highest BCUT2D eigenvalue weighted by Crippen LogP contribution is 2.27. The summed E-state index contributed by atoms with van der Waals surface area (Å²) in [5, 5.41) is 19.2. The van der Waals surface area contributed by atoms with Gasteiger partial charge in [0, 0.05) is 19.0 Å². The number of nitrogens with zero attached hydrogens (tertiary/aromatic N) is 1. The predicted molar refractivity (Wildman–Crippen MR) is 81.8 cm³/mol. The third kappa shape index (κ3) is 3.81. The zero-order chi connectivity index (χ0) is 17.0. The molecule has 2 rings (SSSR count). The van der Waals surface area contributed by atoms with Gasteiger partial charge in [0.15, 0.2) is 11.5 Å². The van der Waals surface area contributed by atoms with E-state index >= 15 is 0 Å². The van der Waals surface area contributed by atoms with Crippen LogP contribution < -0.4 is 4.74 Å². The molecule has 7 heteroatoms. The second-order valence-corrected chi connectivity index (χ2v) is 5.18. The number of esters is 1. The zero-order valence-corrected chi connectivity index (χ0v) is 12.9. The molecular formula is C16H19NO6. The maximum absolute atomic E-state index is 12.3. The van der Waals surface area contributed by atoms with E-state index in [1.165, 1.54) is 31.3 Å². The third-order valence-electron chi connectivity index (χ3n) is 3.66. The number of ether oxygens (including phenoxy) is 2. The van der Waals surface area contributed by atoms with Crippen molar-refractivity contribution in [3.8, 4) is 11.5 Å². The second kappa shape index (κ2) is 7.15. The molecule has 1 saturated heterocycles. The van der Waals surface area contributed by atoms with E-state index in [1.54, 1.807) is 18.2 Å². The first kappa shape index (κ1) is 16.8. The van der Waals surface area contributed by atoms with E-state index in [4.69, 9.17) is 4.74 Å². The molecule has 1 aromatic carbocycles. The van der Waals surface area contributed by atoms with Crippen LogP contribution in [-0.2, 0) is 14.3 Å². The zero-order valence-electron chi connectivity index (χ0n) is 12.9. The molecule has 2 N–H and O–H groups in total. The van der Waals surface area contributed by atoms with E-state index in [2.05, 4.69) is 4.74 Å². The van der Waals surface area contributed by atoms with Gasteiger partial charge in [0.25, 0.3) is 0 Å². The van der Waals surface area contributed by atoms with Gasteiger partial charge >= 0.3 is 5.97 Å². The smallest absolute Gasteiger partial charge is 0.328 e. The SMILES string of the molecule is COC(=O)C1CC(O)CN1C(=O)/C=C/c1ccc(O)c(OC)c1. The molecule has 0 saturated carbocycles. The third-order valence-corrected chi connectivity index (χ3v) is 3.66. The molecule has 7 nitrogen and oxygen atoms in total. The van der Waals surface area contributed by atoms with Gasteiger partial charge in [-0.1, -0.05) is 6.07 Å². The van der Waals surface area contributed by atoms with Crippen molar-refractivity contribution in [2.24, 2.45) is 0 Å². The average molecular weight is 321 g/mol. The van der Waals surface area contributed by atoms with Crippen LogP contribution in [0.15, 0.2) is 24.3 Å². The van der Waals surface area contributed by atoms with Crippen molar-refractivity contribution in [1.82, 2.24) is 4.90 Å². The monoisotopic (exact) mass is 321 g/mol. The molecule has 124 valence electrons. The highest BCUT2D eigenvalue weighted by molar-refractivity contribution is 5.95. The van der Waals surface area contributed by atoms with Crippen LogP contribution >= 0.6 is 0 Å². The number of amides is 1. The molecule has 2 unspecified atom stereocenters. The molecule has 1 aromatic rings. The number of benzene rings is 1. The number of likely N-dealkylation sites (tertiary alicyclic amines) is 1. The Balaban J connectivity index is 2.12. The normalized spacial score (nSPS) is 20.7. The topological polar surface area (TPSA) is 96.3 Å². The van der Waals surface area contributed by atoms with E-state index in [1.807, 2.05) is 0 Å². The summed E-state index contributed by atoms with van der Waals surface area (Å²) in [6.45, 7) is 0.0852. The highest BCUT2D eigenvalue weighted by Gasteiger charge is 2.38. The van der Waals surface area contributed by atoms with E-state index in [-0.39, 0.29) is 18.7 Å². The molecular weight excluding hydrogens is 302 g/mol. The van der Waals surface area contributed by atoms with Gasteiger partial charge in [0.05, 0.1) is 20.3 Å². The summed E-state index contributed by atoms with van der Waals surface area (Å²) in [5.41, 5.74) is 0.655. The molecule has 0 aliphatic carbocycles. The van der Waals surface area contributed by atoms with Gasteiger partial charge in [0.1, 0.15) is 6.04 Å². The summed E-state index contributed by atoms with van der Waals surface area (Å²) in [6.07, 6.45) is 2.27. The first-order chi connectivity index (χ1) is 11.0. The Morgan fingerprint density at radius 1 is 1.35 bits per heavy atom.